The Hall–Kier alpha value is -2.64. The molecule has 30 heavy (non-hydrogen) atoms. The Bertz CT molecular complexity index is 750. The molecule has 1 aromatic rings. The predicted octanol–water partition coefficient (Wildman–Crippen LogP) is 3.22. The Balaban J connectivity index is 1.56. The van der Waals surface area contributed by atoms with Gasteiger partial charge >= 0.3 is 0 Å². The van der Waals surface area contributed by atoms with Crippen LogP contribution in [0.4, 0.5) is 5.69 Å². The largest absolute Gasteiger partial charge is 0.356 e. The molecule has 3 rings (SSSR count). The van der Waals surface area contributed by atoms with Gasteiger partial charge in [0.15, 0.2) is 5.96 Å². The molecule has 8 heteroatoms. The number of nitro groups is 1. The van der Waals surface area contributed by atoms with E-state index in [2.05, 4.69) is 17.6 Å². The molecule has 2 aliphatic rings. The summed E-state index contributed by atoms with van der Waals surface area (Å²) in [5.74, 6) is 1.64. The van der Waals surface area contributed by atoms with Gasteiger partial charge in [-0.05, 0) is 37.2 Å². The Kier molecular flexibility index (Phi) is 8.04. The number of hydrogen-bond donors (Lipinski definition) is 2. The zero-order valence-electron chi connectivity index (χ0n) is 17.8. The predicted molar refractivity (Wildman–Crippen MR) is 117 cm³/mol. The van der Waals surface area contributed by atoms with E-state index in [4.69, 9.17) is 4.99 Å². The van der Waals surface area contributed by atoms with Crippen molar-refractivity contribution in [2.45, 2.75) is 64.5 Å². The van der Waals surface area contributed by atoms with Crippen LogP contribution >= 0.6 is 0 Å². The quantitative estimate of drug-likeness (QED) is 0.223. The molecule has 2 N–H and O–H groups in total. The van der Waals surface area contributed by atoms with Gasteiger partial charge in [0.25, 0.3) is 5.69 Å². The minimum atomic E-state index is -0.392. The summed E-state index contributed by atoms with van der Waals surface area (Å²) in [6.07, 6.45) is 7.41. The third-order valence-corrected chi connectivity index (χ3v) is 6.07. The number of carbonyl (C=O) groups excluding carboxylic acids is 1. The number of amides is 1. The lowest BCUT2D eigenvalue weighted by atomic mass is 9.86. The van der Waals surface area contributed by atoms with Crippen molar-refractivity contribution in [3.8, 4) is 0 Å². The van der Waals surface area contributed by atoms with Crippen LogP contribution in [0.15, 0.2) is 29.3 Å². The highest BCUT2D eigenvalue weighted by molar-refractivity contribution is 5.80. The Morgan fingerprint density at radius 2 is 2.00 bits per heavy atom. The highest BCUT2D eigenvalue weighted by Crippen LogP contribution is 2.23. The van der Waals surface area contributed by atoms with Crippen molar-refractivity contribution in [2.24, 2.45) is 10.9 Å². The summed E-state index contributed by atoms with van der Waals surface area (Å²) < 4.78 is 0. The maximum Gasteiger partial charge on any atom is 0.269 e. The molecule has 0 aromatic heterocycles. The minimum absolute atomic E-state index is 0.0895. The Morgan fingerprint density at radius 3 is 2.67 bits per heavy atom. The van der Waals surface area contributed by atoms with E-state index < -0.39 is 4.92 Å². The highest BCUT2D eigenvalue weighted by Gasteiger charge is 2.22. The maximum atomic E-state index is 11.8. The van der Waals surface area contributed by atoms with Gasteiger partial charge in [-0.15, -0.1) is 0 Å². The molecular weight excluding hydrogens is 382 g/mol. The number of guanidine groups is 1. The summed E-state index contributed by atoms with van der Waals surface area (Å²) in [6.45, 7) is 5.14. The van der Waals surface area contributed by atoms with Gasteiger partial charge in [-0.1, -0.05) is 31.9 Å². The third kappa shape index (κ3) is 6.43. The number of likely N-dealkylation sites (tertiary alicyclic amines) is 1. The minimum Gasteiger partial charge on any atom is -0.356 e. The first-order chi connectivity index (χ1) is 14.5. The molecule has 8 nitrogen and oxygen atoms in total. The van der Waals surface area contributed by atoms with E-state index in [9.17, 15) is 14.9 Å². The molecule has 1 heterocycles. The average molecular weight is 416 g/mol. The molecule has 1 aliphatic heterocycles. The molecule has 2 fully saturated rings. The average Bonchev–Trinajstić information content (AvgIpc) is 3.15. The van der Waals surface area contributed by atoms with Gasteiger partial charge < -0.3 is 15.5 Å². The number of nitrogens with one attached hydrogen (secondary N) is 2. The number of carbonyl (C=O) groups is 1. The molecule has 2 unspecified atom stereocenters. The summed E-state index contributed by atoms with van der Waals surface area (Å²) in [4.78, 5) is 28.9. The first-order valence-electron chi connectivity index (χ1n) is 11.1. The normalized spacial score (nSPS) is 22.2. The van der Waals surface area contributed by atoms with Crippen LogP contribution in [-0.4, -0.2) is 47.4 Å². The fourth-order valence-corrected chi connectivity index (χ4v) is 4.17. The van der Waals surface area contributed by atoms with Gasteiger partial charge in [0.05, 0.1) is 11.5 Å². The lowest BCUT2D eigenvalue weighted by molar-refractivity contribution is -0.384. The SMILES string of the molecule is CC1CCCCC1NC(=NCc1ccc([N+](=O)[O-])cc1)NCCCN1CCCC1=O. The highest BCUT2D eigenvalue weighted by atomic mass is 16.6. The summed E-state index contributed by atoms with van der Waals surface area (Å²) in [5.41, 5.74) is 1.02. The molecular formula is C22H33N5O3. The zero-order valence-corrected chi connectivity index (χ0v) is 17.8. The summed E-state index contributed by atoms with van der Waals surface area (Å²) in [7, 11) is 0. The summed E-state index contributed by atoms with van der Waals surface area (Å²) in [6, 6.07) is 6.94. The second-order valence-electron chi connectivity index (χ2n) is 8.37. The summed E-state index contributed by atoms with van der Waals surface area (Å²) >= 11 is 0. The van der Waals surface area contributed by atoms with Crippen LogP contribution in [0, 0.1) is 16.0 Å². The summed E-state index contributed by atoms with van der Waals surface area (Å²) in [5, 5.41) is 17.8. The number of aliphatic imine (C=N–C) groups is 1. The van der Waals surface area contributed by atoms with Crippen LogP contribution in [0.2, 0.25) is 0 Å². The van der Waals surface area contributed by atoms with E-state index in [0.717, 1.165) is 50.4 Å². The van der Waals surface area contributed by atoms with Gasteiger partial charge in [0, 0.05) is 44.2 Å². The molecule has 1 saturated carbocycles. The maximum absolute atomic E-state index is 11.8. The van der Waals surface area contributed by atoms with Crippen molar-refractivity contribution in [1.29, 1.82) is 0 Å². The van der Waals surface area contributed by atoms with Gasteiger partial charge in [0.1, 0.15) is 0 Å². The number of rotatable bonds is 8. The fourth-order valence-electron chi connectivity index (χ4n) is 4.17. The van der Waals surface area contributed by atoms with Crippen molar-refractivity contribution in [3.05, 3.63) is 39.9 Å². The van der Waals surface area contributed by atoms with Gasteiger partial charge in [-0.25, -0.2) is 4.99 Å². The van der Waals surface area contributed by atoms with Crippen molar-refractivity contribution >= 4 is 17.6 Å². The number of hydrogen-bond acceptors (Lipinski definition) is 4. The van der Waals surface area contributed by atoms with Gasteiger partial charge in [0.2, 0.25) is 5.91 Å². The number of non-ortho nitro benzene ring substituents is 1. The van der Waals surface area contributed by atoms with Crippen LogP contribution < -0.4 is 10.6 Å². The molecule has 0 radical (unpaired) electrons. The third-order valence-electron chi connectivity index (χ3n) is 6.07. The molecule has 0 bridgehead atoms. The van der Waals surface area contributed by atoms with Crippen LogP contribution in [-0.2, 0) is 11.3 Å². The van der Waals surface area contributed by atoms with Gasteiger partial charge in [-0.2, -0.15) is 0 Å². The van der Waals surface area contributed by atoms with Crippen LogP contribution in [0.25, 0.3) is 0 Å². The van der Waals surface area contributed by atoms with E-state index in [0.29, 0.717) is 24.9 Å². The lowest BCUT2D eigenvalue weighted by Gasteiger charge is -2.31. The Morgan fingerprint density at radius 1 is 1.23 bits per heavy atom. The second-order valence-corrected chi connectivity index (χ2v) is 8.37. The fraction of sp³-hybridized carbons (Fsp3) is 0.636. The zero-order chi connectivity index (χ0) is 21.3. The van der Waals surface area contributed by atoms with Crippen molar-refractivity contribution in [1.82, 2.24) is 15.5 Å². The van der Waals surface area contributed by atoms with Crippen LogP contribution in [0.5, 0.6) is 0 Å². The van der Waals surface area contributed by atoms with Crippen molar-refractivity contribution in [2.75, 3.05) is 19.6 Å². The number of nitrogens with zero attached hydrogens (tertiary/aromatic N) is 3. The monoisotopic (exact) mass is 415 g/mol. The molecule has 1 aliphatic carbocycles. The van der Waals surface area contributed by atoms with Gasteiger partial charge in [-0.3, -0.25) is 14.9 Å². The lowest BCUT2D eigenvalue weighted by Crippen LogP contribution is -2.47. The first kappa shape index (κ1) is 22.1. The molecule has 2 atom stereocenters. The van der Waals surface area contributed by atoms with E-state index in [1.54, 1.807) is 12.1 Å². The first-order valence-corrected chi connectivity index (χ1v) is 11.1. The standard InChI is InChI=1S/C22H33N5O3/c1-17-6-2-3-7-20(17)25-22(23-13-5-15-26-14-4-8-21(26)28)24-16-18-9-11-19(12-10-18)27(29)30/h9-12,17,20H,2-8,13-16H2,1H3,(H2,23,24,25). The number of nitro benzene ring substituents is 1. The smallest absolute Gasteiger partial charge is 0.269 e. The van der Waals surface area contributed by atoms with E-state index in [1.807, 2.05) is 4.90 Å². The number of benzene rings is 1. The topological polar surface area (TPSA) is 99.9 Å². The van der Waals surface area contributed by atoms with Crippen LogP contribution in [0.3, 0.4) is 0 Å². The van der Waals surface area contributed by atoms with Crippen molar-refractivity contribution < 1.29 is 9.72 Å². The van der Waals surface area contributed by atoms with Crippen LogP contribution in [0.1, 0.15) is 57.4 Å². The second kappa shape index (κ2) is 10.9. The molecule has 1 amide bonds. The van der Waals surface area contributed by atoms with E-state index in [-0.39, 0.29) is 11.6 Å². The molecule has 0 spiro atoms. The van der Waals surface area contributed by atoms with E-state index >= 15 is 0 Å². The molecule has 164 valence electrons. The van der Waals surface area contributed by atoms with E-state index in [1.165, 1.54) is 31.4 Å². The Labute approximate surface area is 178 Å². The molecule has 1 saturated heterocycles. The van der Waals surface area contributed by atoms with Crippen molar-refractivity contribution in [3.63, 3.8) is 0 Å². The molecule has 1 aromatic carbocycles.